The molecule has 1 N–H and O–H groups in total. The summed E-state index contributed by atoms with van der Waals surface area (Å²) < 4.78 is 24.2. The van der Waals surface area contributed by atoms with Gasteiger partial charge in [-0.1, -0.05) is 0 Å². The van der Waals surface area contributed by atoms with Gasteiger partial charge in [0.15, 0.2) is 15.2 Å². The molecule has 2 aliphatic heterocycles. The fourth-order valence-electron chi connectivity index (χ4n) is 2.08. The number of halogens is 2. The van der Waals surface area contributed by atoms with E-state index in [1.165, 1.54) is 6.92 Å². The largest absolute Gasteiger partial charge is 0.477 e. The molecule has 0 aromatic carbocycles. The first kappa shape index (κ1) is 13.8. The van der Waals surface area contributed by atoms with Crippen molar-refractivity contribution in [2.45, 2.75) is 12.3 Å². The summed E-state index contributed by atoms with van der Waals surface area (Å²) in [5.41, 5.74) is -0.0529. The summed E-state index contributed by atoms with van der Waals surface area (Å²) in [4.78, 5) is 23.7. The van der Waals surface area contributed by atoms with Gasteiger partial charge in [0, 0.05) is 0 Å². The Balaban J connectivity index is 2.66. The van der Waals surface area contributed by atoms with Gasteiger partial charge in [-0.05, 0) is 44.4 Å². The quantitative estimate of drug-likeness (QED) is 0.522. The summed E-state index contributed by atoms with van der Waals surface area (Å²) in [5.74, 6) is -2.28. The summed E-state index contributed by atoms with van der Waals surface area (Å²) >= 11 is 6.00. The van der Waals surface area contributed by atoms with Gasteiger partial charge < -0.3 is 5.11 Å². The number of hydrogen-bond acceptors (Lipinski definition) is 4. The van der Waals surface area contributed by atoms with Crippen LogP contribution in [0, 0.1) is 0 Å². The molecule has 1 saturated heterocycles. The first-order chi connectivity index (χ1) is 8.18. The van der Waals surface area contributed by atoms with Crippen LogP contribution < -0.4 is 0 Å². The normalized spacial score (nSPS) is 25.7. The van der Waals surface area contributed by atoms with Crippen LogP contribution in [0.5, 0.6) is 0 Å². The maximum atomic E-state index is 12.0. The Bertz CT molecular complexity index is 629. The molecule has 0 bridgehead atoms. The van der Waals surface area contributed by atoms with Crippen molar-refractivity contribution in [2.75, 3.05) is 5.75 Å². The first-order valence-corrected chi connectivity index (χ1v) is 8.02. The second kappa shape index (κ2) is 4.17. The predicted molar refractivity (Wildman–Crippen MR) is 69.6 cm³/mol. The fourth-order valence-corrected chi connectivity index (χ4v) is 5.15. The van der Waals surface area contributed by atoms with Crippen LogP contribution in [0.2, 0.25) is 0 Å². The molecule has 9 heteroatoms. The Morgan fingerprint density at radius 3 is 2.44 bits per heavy atom. The lowest BCUT2D eigenvalue weighted by Crippen LogP contribution is -2.62. The van der Waals surface area contributed by atoms with E-state index in [1.54, 1.807) is 0 Å². The lowest BCUT2D eigenvalue weighted by Gasteiger charge is -2.45. The molecule has 2 rings (SSSR count). The van der Waals surface area contributed by atoms with E-state index in [0.717, 1.165) is 4.90 Å². The average molecular weight is 401 g/mol. The Hall–Kier alpha value is -0.670. The van der Waals surface area contributed by atoms with Gasteiger partial charge in [-0.15, -0.1) is 0 Å². The van der Waals surface area contributed by atoms with E-state index in [0.29, 0.717) is 0 Å². The molecule has 2 heterocycles. The number of rotatable bonds is 1. The highest BCUT2D eigenvalue weighted by molar-refractivity contribution is 9.28. The molecule has 0 radical (unpaired) electrons. The zero-order chi connectivity index (χ0) is 13.8. The number of carbonyl (C=O) groups excluding carboxylic acids is 1. The highest BCUT2D eigenvalue weighted by atomic mass is 79.9. The number of hydrogen-bond donors (Lipinski definition) is 1. The van der Waals surface area contributed by atoms with Gasteiger partial charge in [0.25, 0.3) is 5.91 Å². The monoisotopic (exact) mass is 399 g/mol. The summed E-state index contributed by atoms with van der Waals surface area (Å²) in [6, 6.07) is 0. The maximum Gasteiger partial charge on any atom is 0.352 e. The third-order valence-electron chi connectivity index (χ3n) is 2.74. The Morgan fingerprint density at radius 2 is 2.00 bits per heavy atom. The van der Waals surface area contributed by atoms with Crippen LogP contribution >= 0.6 is 31.9 Å². The number of amides is 1. The van der Waals surface area contributed by atoms with Crippen LogP contribution in [0.25, 0.3) is 0 Å². The van der Waals surface area contributed by atoms with Gasteiger partial charge in [-0.25, -0.2) is 13.2 Å². The van der Waals surface area contributed by atoms with Crippen molar-refractivity contribution in [1.29, 1.82) is 0 Å². The fraction of sp³-hybridized carbons (Fsp3) is 0.333. The Kier molecular flexibility index (Phi) is 3.19. The molecule has 1 amide bonds. The third-order valence-corrected chi connectivity index (χ3v) is 5.56. The van der Waals surface area contributed by atoms with E-state index in [1.807, 2.05) is 0 Å². The number of carbonyl (C=O) groups is 2. The summed E-state index contributed by atoms with van der Waals surface area (Å²) in [7, 11) is -3.60. The van der Waals surface area contributed by atoms with Crippen molar-refractivity contribution in [2.24, 2.45) is 0 Å². The van der Waals surface area contributed by atoms with Crippen LogP contribution in [-0.4, -0.2) is 41.4 Å². The van der Waals surface area contributed by atoms with Gasteiger partial charge in [-0.2, -0.15) is 0 Å². The van der Waals surface area contributed by atoms with Crippen LogP contribution in [0.3, 0.4) is 0 Å². The molecule has 0 aromatic rings. The molecule has 1 fully saturated rings. The van der Waals surface area contributed by atoms with Crippen LogP contribution in [0.1, 0.15) is 6.92 Å². The molecule has 1 atom stereocenters. The second-order valence-electron chi connectivity index (χ2n) is 3.94. The minimum atomic E-state index is -3.60. The van der Waals surface area contributed by atoms with Gasteiger partial charge in [0.1, 0.15) is 5.70 Å². The number of fused-ring (bicyclic) bond motifs is 1. The van der Waals surface area contributed by atoms with E-state index in [-0.39, 0.29) is 26.0 Å². The van der Waals surface area contributed by atoms with E-state index >= 15 is 0 Å². The second-order valence-corrected chi connectivity index (χ2v) is 8.65. The highest BCUT2D eigenvalue weighted by Gasteiger charge is 2.56. The van der Waals surface area contributed by atoms with Gasteiger partial charge in [0.05, 0.1) is 14.7 Å². The lowest BCUT2D eigenvalue weighted by atomic mass is 10.0. The summed E-state index contributed by atoms with van der Waals surface area (Å²) in [6.07, 6.45) is 0. The van der Waals surface area contributed by atoms with Crippen LogP contribution in [-0.2, 0) is 19.4 Å². The minimum absolute atomic E-state index is 0.0289. The highest BCUT2D eigenvalue weighted by Crippen LogP contribution is 2.43. The number of sulfone groups is 1. The number of nitrogens with zero attached hydrogens (tertiary/aromatic N) is 1. The van der Waals surface area contributed by atoms with Gasteiger partial charge >= 0.3 is 5.97 Å². The van der Waals surface area contributed by atoms with E-state index in [2.05, 4.69) is 31.9 Å². The Morgan fingerprint density at radius 1 is 1.44 bits per heavy atom. The van der Waals surface area contributed by atoms with E-state index < -0.39 is 27.1 Å². The zero-order valence-corrected chi connectivity index (χ0v) is 13.0. The minimum Gasteiger partial charge on any atom is -0.477 e. The molecule has 0 aliphatic carbocycles. The molecule has 0 spiro atoms. The number of carboxylic acid groups (broad SMARTS) is 1. The van der Waals surface area contributed by atoms with Crippen LogP contribution in [0.4, 0.5) is 0 Å². The van der Waals surface area contributed by atoms with Crippen molar-refractivity contribution in [3.05, 3.63) is 20.2 Å². The summed E-state index contributed by atoms with van der Waals surface area (Å²) in [5, 5.41) is 7.84. The molecule has 1 unspecified atom stereocenters. The first-order valence-electron chi connectivity index (χ1n) is 4.72. The molecular formula is C9H7Br2NO5S. The number of β-lactam (4-membered cyclic amide) rings is 1. The predicted octanol–water partition coefficient (Wildman–Crippen LogP) is 0.943. The van der Waals surface area contributed by atoms with Crippen molar-refractivity contribution in [3.8, 4) is 0 Å². The van der Waals surface area contributed by atoms with Crippen molar-refractivity contribution >= 4 is 53.6 Å². The number of carboxylic acids is 1. The number of aliphatic carboxylic acids is 1. The van der Waals surface area contributed by atoms with Crippen molar-refractivity contribution < 1.29 is 23.1 Å². The van der Waals surface area contributed by atoms with Crippen molar-refractivity contribution in [3.63, 3.8) is 0 Å². The lowest BCUT2D eigenvalue weighted by molar-refractivity contribution is -0.141. The maximum absolute atomic E-state index is 12.0. The molecule has 98 valence electrons. The summed E-state index contributed by atoms with van der Waals surface area (Å²) in [6.45, 7) is 1.40. The molecule has 0 aromatic heterocycles. The molecule has 18 heavy (non-hydrogen) atoms. The van der Waals surface area contributed by atoms with Crippen molar-refractivity contribution in [1.82, 2.24) is 4.90 Å². The van der Waals surface area contributed by atoms with E-state index in [4.69, 9.17) is 5.11 Å². The zero-order valence-electron chi connectivity index (χ0n) is 8.98. The van der Waals surface area contributed by atoms with Gasteiger partial charge in [0.2, 0.25) is 0 Å². The molecule has 0 saturated carbocycles. The molecule has 6 nitrogen and oxygen atoms in total. The SMILES string of the molecule is CC1=C(C(=O)O)N2C(=O)C(=C(Br)Br)C2S(=O)(=O)C1. The standard InChI is InChI=1S/C9H7Br2NO5S/c1-3-2-18(16,17)8-4(6(10)11)7(13)12(8)5(3)9(14)15/h8H,2H2,1H3,(H,14,15). The molecular weight excluding hydrogens is 394 g/mol. The average Bonchev–Trinajstić information content (AvgIpc) is 2.17. The van der Waals surface area contributed by atoms with Gasteiger partial charge in [-0.3, -0.25) is 9.69 Å². The Labute approximate surface area is 120 Å². The smallest absolute Gasteiger partial charge is 0.352 e. The van der Waals surface area contributed by atoms with E-state index in [9.17, 15) is 18.0 Å². The molecule has 2 aliphatic rings. The topological polar surface area (TPSA) is 91.8 Å². The third kappa shape index (κ3) is 1.76. The van der Waals surface area contributed by atoms with Crippen LogP contribution in [0.15, 0.2) is 20.2 Å².